The standard InChI is InChI=1S/C19H21ClN2O2S2/c1-4-24-8-7-22-15-9-12(2)13(3)10-16(15)26-19(22)21-18(23)11-14-5-6-17(20)25-14/h5-6,9-10H,4,7-8,11H2,1-3H3. The molecule has 2 heterocycles. The van der Waals surface area contributed by atoms with E-state index in [4.69, 9.17) is 16.3 Å². The summed E-state index contributed by atoms with van der Waals surface area (Å²) in [6.45, 7) is 8.12. The largest absolute Gasteiger partial charge is 0.380 e. The molecule has 4 nitrogen and oxygen atoms in total. The van der Waals surface area contributed by atoms with E-state index in [-0.39, 0.29) is 12.3 Å². The Morgan fingerprint density at radius 1 is 1.23 bits per heavy atom. The fourth-order valence-corrected chi connectivity index (χ4v) is 4.90. The van der Waals surface area contributed by atoms with Crippen molar-refractivity contribution in [3.8, 4) is 0 Å². The lowest BCUT2D eigenvalue weighted by atomic mass is 10.1. The molecule has 0 unspecified atom stereocenters. The van der Waals surface area contributed by atoms with Crippen molar-refractivity contribution in [2.24, 2.45) is 4.99 Å². The van der Waals surface area contributed by atoms with E-state index in [0.29, 0.717) is 24.1 Å². The lowest BCUT2D eigenvalue weighted by Crippen LogP contribution is -2.20. The van der Waals surface area contributed by atoms with E-state index in [1.54, 1.807) is 11.3 Å². The van der Waals surface area contributed by atoms with Crippen LogP contribution in [-0.4, -0.2) is 23.7 Å². The summed E-state index contributed by atoms with van der Waals surface area (Å²) in [4.78, 5) is 18.5. The number of thiophene rings is 1. The third kappa shape index (κ3) is 4.43. The molecule has 0 saturated heterocycles. The quantitative estimate of drug-likeness (QED) is 0.553. The lowest BCUT2D eigenvalue weighted by molar-refractivity contribution is -0.117. The van der Waals surface area contributed by atoms with Crippen molar-refractivity contribution in [2.75, 3.05) is 13.2 Å². The second kappa shape index (κ2) is 8.48. The van der Waals surface area contributed by atoms with Crippen LogP contribution in [0.5, 0.6) is 0 Å². The predicted octanol–water partition coefficient (Wildman–Crippen LogP) is 4.74. The Hall–Kier alpha value is -1.47. The molecular formula is C19H21ClN2O2S2. The van der Waals surface area contributed by atoms with Crippen molar-refractivity contribution in [2.45, 2.75) is 33.7 Å². The SMILES string of the molecule is CCOCCn1c(=NC(=O)Cc2ccc(Cl)s2)sc2cc(C)c(C)cc21. The molecule has 138 valence electrons. The molecule has 1 amide bonds. The number of carbonyl (C=O) groups is 1. The van der Waals surface area contributed by atoms with Crippen LogP contribution in [0, 0.1) is 13.8 Å². The van der Waals surface area contributed by atoms with Gasteiger partial charge in [-0.3, -0.25) is 4.79 Å². The molecule has 0 radical (unpaired) electrons. The highest BCUT2D eigenvalue weighted by atomic mass is 35.5. The molecule has 0 aliphatic heterocycles. The molecule has 0 atom stereocenters. The number of halogens is 1. The molecule has 0 aliphatic carbocycles. The third-order valence-electron chi connectivity index (χ3n) is 4.14. The highest BCUT2D eigenvalue weighted by Gasteiger charge is 2.11. The topological polar surface area (TPSA) is 43.6 Å². The third-order valence-corrected chi connectivity index (χ3v) is 6.41. The maximum absolute atomic E-state index is 12.4. The summed E-state index contributed by atoms with van der Waals surface area (Å²) in [5.41, 5.74) is 3.57. The molecule has 1 aromatic carbocycles. The van der Waals surface area contributed by atoms with E-state index in [1.807, 2.05) is 19.1 Å². The van der Waals surface area contributed by atoms with Gasteiger partial charge in [-0.15, -0.1) is 11.3 Å². The van der Waals surface area contributed by atoms with Gasteiger partial charge in [-0.2, -0.15) is 4.99 Å². The van der Waals surface area contributed by atoms with Crippen molar-refractivity contribution in [3.63, 3.8) is 0 Å². The molecule has 0 bridgehead atoms. The Bertz CT molecular complexity index is 1000. The second-order valence-electron chi connectivity index (χ2n) is 6.03. The van der Waals surface area contributed by atoms with Crippen molar-refractivity contribution in [1.82, 2.24) is 4.57 Å². The summed E-state index contributed by atoms with van der Waals surface area (Å²) in [5.74, 6) is -0.159. The number of benzene rings is 1. The van der Waals surface area contributed by atoms with Gasteiger partial charge >= 0.3 is 0 Å². The van der Waals surface area contributed by atoms with Crippen LogP contribution in [0.15, 0.2) is 29.3 Å². The van der Waals surface area contributed by atoms with Crippen LogP contribution in [0.1, 0.15) is 22.9 Å². The van der Waals surface area contributed by atoms with Crippen LogP contribution in [0.25, 0.3) is 10.2 Å². The van der Waals surface area contributed by atoms with Crippen molar-refractivity contribution in [1.29, 1.82) is 0 Å². The van der Waals surface area contributed by atoms with E-state index in [2.05, 4.69) is 35.5 Å². The first-order valence-electron chi connectivity index (χ1n) is 8.48. The van der Waals surface area contributed by atoms with Gasteiger partial charge in [-0.05, 0) is 56.2 Å². The molecule has 0 saturated carbocycles. The van der Waals surface area contributed by atoms with E-state index >= 15 is 0 Å². The van der Waals surface area contributed by atoms with Crippen LogP contribution in [0.4, 0.5) is 0 Å². The summed E-state index contributed by atoms with van der Waals surface area (Å²) in [6, 6.07) is 8.01. The summed E-state index contributed by atoms with van der Waals surface area (Å²) in [6.07, 6.45) is 0.273. The van der Waals surface area contributed by atoms with Crippen molar-refractivity contribution in [3.05, 3.63) is 49.4 Å². The minimum absolute atomic E-state index is 0.159. The van der Waals surface area contributed by atoms with E-state index in [9.17, 15) is 4.79 Å². The summed E-state index contributed by atoms with van der Waals surface area (Å²) >= 11 is 8.91. The molecule has 0 N–H and O–H groups in total. The maximum Gasteiger partial charge on any atom is 0.253 e. The summed E-state index contributed by atoms with van der Waals surface area (Å²) in [5, 5.41) is 0. The van der Waals surface area contributed by atoms with Crippen molar-refractivity contribution < 1.29 is 9.53 Å². The van der Waals surface area contributed by atoms with Crippen molar-refractivity contribution >= 4 is 50.4 Å². The minimum atomic E-state index is -0.159. The summed E-state index contributed by atoms with van der Waals surface area (Å²) < 4.78 is 9.42. The molecule has 26 heavy (non-hydrogen) atoms. The number of rotatable bonds is 6. The average Bonchev–Trinajstić information content (AvgIpc) is 3.12. The van der Waals surface area contributed by atoms with Gasteiger partial charge in [-0.25, -0.2) is 0 Å². The molecule has 0 spiro atoms. The van der Waals surface area contributed by atoms with Gasteiger partial charge in [0.1, 0.15) is 0 Å². The molecule has 3 rings (SSSR count). The second-order valence-corrected chi connectivity index (χ2v) is 8.83. The van der Waals surface area contributed by atoms with Gasteiger partial charge in [0.15, 0.2) is 4.80 Å². The molecule has 7 heteroatoms. The van der Waals surface area contributed by atoms with Gasteiger partial charge in [0.25, 0.3) is 5.91 Å². The Kier molecular flexibility index (Phi) is 6.29. The zero-order chi connectivity index (χ0) is 18.7. The van der Waals surface area contributed by atoms with Gasteiger partial charge in [0.2, 0.25) is 0 Å². The molecular weight excluding hydrogens is 388 g/mol. The van der Waals surface area contributed by atoms with E-state index in [1.165, 1.54) is 22.5 Å². The number of nitrogens with zero attached hydrogens (tertiary/aromatic N) is 2. The fourth-order valence-electron chi connectivity index (χ4n) is 2.67. The highest BCUT2D eigenvalue weighted by Crippen LogP contribution is 2.23. The highest BCUT2D eigenvalue weighted by molar-refractivity contribution is 7.16. The normalized spacial score (nSPS) is 12.2. The van der Waals surface area contributed by atoms with Gasteiger partial charge in [0, 0.05) is 18.0 Å². The average molecular weight is 409 g/mol. The Balaban J connectivity index is 1.99. The van der Waals surface area contributed by atoms with Gasteiger partial charge < -0.3 is 9.30 Å². The Morgan fingerprint density at radius 2 is 2.00 bits per heavy atom. The zero-order valence-electron chi connectivity index (χ0n) is 15.0. The fraction of sp³-hybridized carbons (Fsp3) is 0.368. The van der Waals surface area contributed by atoms with Crippen LogP contribution >= 0.6 is 34.3 Å². The zero-order valence-corrected chi connectivity index (χ0v) is 17.4. The first-order chi connectivity index (χ1) is 12.5. The van der Waals surface area contributed by atoms with Gasteiger partial charge in [0.05, 0.1) is 27.6 Å². The number of hydrogen-bond donors (Lipinski definition) is 0. The lowest BCUT2D eigenvalue weighted by Gasteiger charge is -2.07. The minimum Gasteiger partial charge on any atom is -0.380 e. The predicted molar refractivity (Wildman–Crippen MR) is 109 cm³/mol. The number of fused-ring (bicyclic) bond motifs is 1. The molecule has 2 aromatic heterocycles. The Morgan fingerprint density at radius 3 is 2.69 bits per heavy atom. The first kappa shape index (κ1) is 19.3. The smallest absolute Gasteiger partial charge is 0.253 e. The molecule has 0 aliphatic rings. The first-order valence-corrected chi connectivity index (χ1v) is 10.5. The van der Waals surface area contributed by atoms with Crippen LogP contribution < -0.4 is 4.80 Å². The number of carbonyl (C=O) groups excluding carboxylic acids is 1. The van der Waals surface area contributed by atoms with Gasteiger partial charge in [-0.1, -0.05) is 22.9 Å². The number of hydrogen-bond acceptors (Lipinski definition) is 4. The van der Waals surface area contributed by atoms with Crippen LogP contribution in [0.3, 0.4) is 0 Å². The number of ether oxygens (including phenoxy) is 1. The molecule has 0 fully saturated rings. The molecule has 3 aromatic rings. The number of thiazole rings is 1. The van der Waals surface area contributed by atoms with Crippen LogP contribution in [-0.2, 0) is 22.5 Å². The Labute approximate surface area is 165 Å². The number of aromatic nitrogens is 1. The number of aryl methyl sites for hydroxylation is 2. The van der Waals surface area contributed by atoms with E-state index < -0.39 is 0 Å². The monoisotopic (exact) mass is 408 g/mol. The number of amides is 1. The van der Waals surface area contributed by atoms with E-state index in [0.717, 1.165) is 19.9 Å². The van der Waals surface area contributed by atoms with Crippen LogP contribution in [0.2, 0.25) is 4.34 Å². The maximum atomic E-state index is 12.4. The summed E-state index contributed by atoms with van der Waals surface area (Å²) in [7, 11) is 0.